The first-order valence-electron chi connectivity index (χ1n) is 5.51. The highest BCUT2D eigenvalue weighted by molar-refractivity contribution is 7.15. The van der Waals surface area contributed by atoms with Gasteiger partial charge in [0.25, 0.3) is 0 Å². The molecule has 1 aromatic heterocycles. The van der Waals surface area contributed by atoms with Crippen LogP contribution in [0.15, 0.2) is 24.3 Å². The first-order chi connectivity index (χ1) is 8.24. The number of hydrogen-bond acceptors (Lipinski definition) is 5. The largest absolute Gasteiger partial charge is 0.494 e. The van der Waals surface area contributed by atoms with E-state index in [-0.39, 0.29) is 0 Å². The summed E-state index contributed by atoms with van der Waals surface area (Å²) in [5.41, 5.74) is 6.71. The van der Waals surface area contributed by atoms with E-state index in [2.05, 4.69) is 23.2 Å². The van der Waals surface area contributed by atoms with Gasteiger partial charge in [0.1, 0.15) is 10.8 Å². The molecule has 2 aromatic rings. The molecule has 1 aromatic carbocycles. The normalized spacial score (nSPS) is 10.4. The van der Waals surface area contributed by atoms with Crippen molar-refractivity contribution in [1.82, 2.24) is 10.2 Å². The van der Waals surface area contributed by atoms with Crippen LogP contribution in [-0.2, 0) is 6.42 Å². The lowest BCUT2D eigenvalue weighted by molar-refractivity contribution is 0.310. The molecule has 0 amide bonds. The van der Waals surface area contributed by atoms with Gasteiger partial charge in [0.2, 0.25) is 5.13 Å². The highest BCUT2D eigenvalue weighted by Gasteiger charge is 2.01. The Morgan fingerprint density at radius 3 is 2.94 bits per heavy atom. The minimum Gasteiger partial charge on any atom is -0.494 e. The van der Waals surface area contributed by atoms with E-state index < -0.39 is 0 Å². The van der Waals surface area contributed by atoms with Gasteiger partial charge in [-0.1, -0.05) is 23.5 Å². The van der Waals surface area contributed by atoms with E-state index in [0.717, 1.165) is 23.6 Å². The molecule has 5 heteroatoms. The van der Waals surface area contributed by atoms with Crippen molar-refractivity contribution in [3.05, 3.63) is 34.8 Å². The summed E-state index contributed by atoms with van der Waals surface area (Å²) < 4.78 is 5.64. The van der Waals surface area contributed by atoms with E-state index in [1.54, 1.807) is 0 Å². The standard InChI is InChI=1S/C12H15N3OS/c1-9-4-2-5-10(8-9)16-7-3-6-11-14-15-12(13)17-11/h2,4-5,8H,3,6-7H2,1H3,(H2,13,15). The van der Waals surface area contributed by atoms with Crippen molar-refractivity contribution in [3.63, 3.8) is 0 Å². The highest BCUT2D eigenvalue weighted by Crippen LogP contribution is 2.15. The Hall–Kier alpha value is -1.62. The maximum Gasteiger partial charge on any atom is 0.203 e. The first-order valence-corrected chi connectivity index (χ1v) is 6.33. The average molecular weight is 249 g/mol. The van der Waals surface area contributed by atoms with Gasteiger partial charge in [-0.15, -0.1) is 10.2 Å². The van der Waals surface area contributed by atoms with E-state index in [0.29, 0.717) is 11.7 Å². The molecule has 1 heterocycles. The predicted molar refractivity (Wildman–Crippen MR) is 69.3 cm³/mol. The summed E-state index contributed by atoms with van der Waals surface area (Å²) in [5.74, 6) is 0.918. The number of ether oxygens (including phenoxy) is 1. The lowest BCUT2D eigenvalue weighted by Crippen LogP contribution is -1.99. The Labute approximate surface area is 104 Å². The molecule has 90 valence electrons. The van der Waals surface area contributed by atoms with E-state index in [9.17, 15) is 0 Å². The molecular formula is C12H15N3OS. The van der Waals surface area contributed by atoms with E-state index in [4.69, 9.17) is 10.5 Å². The van der Waals surface area contributed by atoms with Crippen LogP contribution in [0, 0.1) is 6.92 Å². The van der Waals surface area contributed by atoms with Crippen molar-refractivity contribution in [2.24, 2.45) is 0 Å². The van der Waals surface area contributed by atoms with Gasteiger partial charge >= 0.3 is 0 Å². The minimum absolute atomic E-state index is 0.527. The second-order valence-electron chi connectivity index (χ2n) is 3.80. The number of nitrogen functional groups attached to an aromatic ring is 1. The van der Waals surface area contributed by atoms with Crippen molar-refractivity contribution in [2.45, 2.75) is 19.8 Å². The fraction of sp³-hybridized carbons (Fsp3) is 0.333. The van der Waals surface area contributed by atoms with Gasteiger partial charge in [-0.25, -0.2) is 0 Å². The number of aromatic nitrogens is 2. The van der Waals surface area contributed by atoms with Crippen LogP contribution in [0.1, 0.15) is 17.0 Å². The lowest BCUT2D eigenvalue weighted by Gasteiger charge is -2.05. The Morgan fingerprint density at radius 1 is 1.35 bits per heavy atom. The quantitative estimate of drug-likeness (QED) is 0.827. The van der Waals surface area contributed by atoms with Crippen molar-refractivity contribution in [2.75, 3.05) is 12.3 Å². The summed E-state index contributed by atoms with van der Waals surface area (Å²) in [6.07, 6.45) is 1.78. The summed E-state index contributed by atoms with van der Waals surface area (Å²) in [5, 5.41) is 9.23. The third kappa shape index (κ3) is 3.71. The number of nitrogens with two attached hydrogens (primary N) is 1. The molecule has 0 atom stereocenters. The molecule has 0 radical (unpaired) electrons. The maximum absolute atomic E-state index is 5.64. The summed E-state index contributed by atoms with van der Waals surface area (Å²) in [6, 6.07) is 8.05. The Morgan fingerprint density at radius 2 is 2.24 bits per heavy atom. The minimum atomic E-state index is 0.527. The number of rotatable bonds is 5. The van der Waals surface area contributed by atoms with E-state index in [1.165, 1.54) is 16.9 Å². The summed E-state index contributed by atoms with van der Waals surface area (Å²) in [6.45, 7) is 2.74. The van der Waals surface area contributed by atoms with Crippen molar-refractivity contribution < 1.29 is 4.74 Å². The second-order valence-corrected chi connectivity index (χ2v) is 4.90. The predicted octanol–water partition coefficient (Wildman–Crippen LogP) is 2.44. The molecule has 0 bridgehead atoms. The molecule has 2 rings (SSSR count). The number of anilines is 1. The molecule has 17 heavy (non-hydrogen) atoms. The lowest BCUT2D eigenvalue weighted by atomic mass is 10.2. The molecule has 0 aliphatic heterocycles. The molecule has 0 fully saturated rings. The van der Waals surface area contributed by atoms with Gasteiger partial charge in [0, 0.05) is 6.42 Å². The van der Waals surface area contributed by atoms with Crippen LogP contribution in [0.5, 0.6) is 5.75 Å². The molecule has 0 saturated heterocycles. The van der Waals surface area contributed by atoms with Crippen LogP contribution in [0.3, 0.4) is 0 Å². The second kappa shape index (κ2) is 5.63. The molecule has 0 spiro atoms. The molecule has 0 aliphatic carbocycles. The molecule has 0 aliphatic rings. The fourth-order valence-electron chi connectivity index (χ4n) is 1.49. The van der Waals surface area contributed by atoms with Crippen LogP contribution in [-0.4, -0.2) is 16.8 Å². The Bertz CT molecular complexity index is 484. The number of aryl methyl sites for hydroxylation is 2. The molecule has 0 saturated carbocycles. The Kier molecular flexibility index (Phi) is 3.93. The Balaban J connectivity index is 1.73. The van der Waals surface area contributed by atoms with Crippen LogP contribution in [0.4, 0.5) is 5.13 Å². The van der Waals surface area contributed by atoms with Gasteiger partial charge in [-0.2, -0.15) is 0 Å². The molecule has 4 nitrogen and oxygen atoms in total. The molecule has 2 N–H and O–H groups in total. The topological polar surface area (TPSA) is 61.0 Å². The maximum atomic E-state index is 5.64. The number of benzene rings is 1. The zero-order valence-electron chi connectivity index (χ0n) is 9.72. The van der Waals surface area contributed by atoms with Crippen LogP contribution in [0.25, 0.3) is 0 Å². The molecule has 0 unspecified atom stereocenters. The SMILES string of the molecule is Cc1cccc(OCCCc2nnc(N)s2)c1. The monoisotopic (exact) mass is 249 g/mol. The van der Waals surface area contributed by atoms with Gasteiger partial charge in [0.05, 0.1) is 6.61 Å². The summed E-state index contributed by atoms with van der Waals surface area (Å²) in [7, 11) is 0. The molecular weight excluding hydrogens is 234 g/mol. The smallest absolute Gasteiger partial charge is 0.203 e. The fourth-order valence-corrected chi connectivity index (χ4v) is 2.14. The van der Waals surface area contributed by atoms with Crippen molar-refractivity contribution in [1.29, 1.82) is 0 Å². The zero-order valence-corrected chi connectivity index (χ0v) is 10.5. The highest BCUT2D eigenvalue weighted by atomic mass is 32.1. The third-order valence-corrected chi connectivity index (χ3v) is 3.09. The number of nitrogens with zero attached hydrogens (tertiary/aromatic N) is 2. The van der Waals surface area contributed by atoms with Gasteiger partial charge in [-0.05, 0) is 31.0 Å². The van der Waals surface area contributed by atoms with Crippen molar-refractivity contribution >= 4 is 16.5 Å². The summed E-state index contributed by atoms with van der Waals surface area (Å²) >= 11 is 1.44. The van der Waals surface area contributed by atoms with E-state index in [1.807, 2.05) is 18.2 Å². The van der Waals surface area contributed by atoms with E-state index >= 15 is 0 Å². The third-order valence-electron chi connectivity index (χ3n) is 2.28. The van der Waals surface area contributed by atoms with Crippen molar-refractivity contribution in [3.8, 4) is 5.75 Å². The number of hydrogen-bond donors (Lipinski definition) is 1. The first kappa shape index (κ1) is 11.9. The van der Waals surface area contributed by atoms with Gasteiger partial charge in [-0.3, -0.25) is 0 Å². The van der Waals surface area contributed by atoms with Crippen LogP contribution >= 0.6 is 11.3 Å². The van der Waals surface area contributed by atoms with Gasteiger partial charge in [0.15, 0.2) is 0 Å². The van der Waals surface area contributed by atoms with Crippen LogP contribution < -0.4 is 10.5 Å². The summed E-state index contributed by atoms with van der Waals surface area (Å²) in [4.78, 5) is 0. The van der Waals surface area contributed by atoms with Gasteiger partial charge < -0.3 is 10.5 Å². The average Bonchev–Trinajstić information content (AvgIpc) is 2.71. The zero-order chi connectivity index (χ0) is 12.1. The van der Waals surface area contributed by atoms with Crippen LogP contribution in [0.2, 0.25) is 0 Å².